The van der Waals surface area contributed by atoms with Gasteiger partial charge in [0.25, 0.3) is 0 Å². The summed E-state index contributed by atoms with van der Waals surface area (Å²) in [5.41, 5.74) is 2.16. The molecule has 6 nitrogen and oxygen atoms in total. The summed E-state index contributed by atoms with van der Waals surface area (Å²) < 4.78 is 7.05. The molecule has 0 saturated carbocycles. The fraction of sp³-hybridized carbons (Fsp3) is 0.385. The number of carbonyl (C=O) groups is 1. The average molecular weight is 263 g/mol. The molecule has 0 bridgehead atoms. The van der Waals surface area contributed by atoms with Crippen LogP contribution in [0.5, 0.6) is 0 Å². The minimum Gasteiger partial charge on any atom is -0.475 e. The molecule has 0 radical (unpaired) electrons. The van der Waals surface area contributed by atoms with Gasteiger partial charge in [-0.05, 0) is 32.4 Å². The summed E-state index contributed by atoms with van der Waals surface area (Å²) in [4.78, 5) is 10.6. The maximum Gasteiger partial charge on any atom is 0.371 e. The molecular formula is C13H17N3O3. The van der Waals surface area contributed by atoms with Crippen LogP contribution in [0.2, 0.25) is 0 Å². The molecule has 0 aromatic carbocycles. The van der Waals surface area contributed by atoms with E-state index in [4.69, 9.17) is 9.52 Å². The topological polar surface area (TPSA) is 80.3 Å². The lowest BCUT2D eigenvalue weighted by Crippen LogP contribution is -2.08. The Morgan fingerprint density at radius 3 is 2.84 bits per heavy atom. The average Bonchev–Trinajstić information content (AvgIpc) is 2.92. The lowest BCUT2D eigenvalue weighted by molar-refractivity contribution is 0.0663. The van der Waals surface area contributed by atoms with E-state index in [1.54, 1.807) is 6.07 Å². The molecule has 0 aliphatic rings. The van der Waals surface area contributed by atoms with Crippen LogP contribution in [0.25, 0.3) is 0 Å². The molecule has 19 heavy (non-hydrogen) atoms. The lowest BCUT2D eigenvalue weighted by atomic mass is 10.4. The van der Waals surface area contributed by atoms with Crippen molar-refractivity contribution < 1.29 is 14.3 Å². The molecule has 0 fully saturated rings. The van der Waals surface area contributed by atoms with Crippen molar-refractivity contribution in [3.05, 3.63) is 35.3 Å². The summed E-state index contributed by atoms with van der Waals surface area (Å²) in [6, 6.07) is 5.09. The Balaban J connectivity index is 1.77. The van der Waals surface area contributed by atoms with E-state index in [2.05, 4.69) is 10.4 Å². The molecule has 2 heterocycles. The predicted molar refractivity (Wildman–Crippen MR) is 70.5 cm³/mol. The number of carboxylic acids is 1. The maximum atomic E-state index is 10.6. The minimum atomic E-state index is -1.06. The number of rotatable bonds is 6. The summed E-state index contributed by atoms with van der Waals surface area (Å²) in [6.45, 7) is 5.52. The Kier molecular flexibility index (Phi) is 3.89. The van der Waals surface area contributed by atoms with E-state index in [0.717, 1.165) is 24.4 Å². The Labute approximate surface area is 111 Å². The number of carboxylic acid groups (broad SMARTS) is 1. The van der Waals surface area contributed by atoms with Crippen LogP contribution in [0, 0.1) is 13.8 Å². The largest absolute Gasteiger partial charge is 0.475 e. The van der Waals surface area contributed by atoms with E-state index < -0.39 is 5.97 Å². The van der Waals surface area contributed by atoms with Gasteiger partial charge in [0, 0.05) is 24.8 Å². The number of nitrogens with zero attached hydrogens (tertiary/aromatic N) is 2. The highest BCUT2D eigenvalue weighted by Crippen LogP contribution is 2.13. The van der Waals surface area contributed by atoms with E-state index in [0.29, 0.717) is 12.4 Å². The number of hydrogen-bond donors (Lipinski definition) is 2. The molecular weight excluding hydrogens is 246 g/mol. The first-order valence-corrected chi connectivity index (χ1v) is 6.14. The van der Waals surface area contributed by atoms with Crippen molar-refractivity contribution in [3.63, 3.8) is 0 Å². The molecule has 0 aliphatic carbocycles. The molecule has 0 spiro atoms. The van der Waals surface area contributed by atoms with Gasteiger partial charge in [-0.2, -0.15) is 5.10 Å². The van der Waals surface area contributed by atoms with Crippen molar-refractivity contribution in [3.8, 4) is 0 Å². The van der Waals surface area contributed by atoms with Crippen molar-refractivity contribution in [2.45, 2.75) is 26.8 Å². The number of aromatic carboxylic acids is 1. The van der Waals surface area contributed by atoms with Crippen LogP contribution in [-0.4, -0.2) is 27.4 Å². The summed E-state index contributed by atoms with van der Waals surface area (Å²) in [5.74, 6) is -0.637. The van der Waals surface area contributed by atoms with Crippen molar-refractivity contribution in [2.75, 3.05) is 11.9 Å². The number of hydrogen-bond acceptors (Lipinski definition) is 4. The zero-order chi connectivity index (χ0) is 13.8. The second-order valence-electron chi connectivity index (χ2n) is 4.40. The van der Waals surface area contributed by atoms with Gasteiger partial charge in [-0.3, -0.25) is 4.68 Å². The summed E-state index contributed by atoms with van der Waals surface area (Å²) in [7, 11) is 0. The van der Waals surface area contributed by atoms with Gasteiger partial charge in [0.05, 0.1) is 5.69 Å². The van der Waals surface area contributed by atoms with Gasteiger partial charge in [-0.1, -0.05) is 0 Å². The number of anilines is 1. The molecule has 2 aromatic heterocycles. The molecule has 2 N–H and O–H groups in total. The van der Waals surface area contributed by atoms with E-state index in [1.165, 1.54) is 6.07 Å². The van der Waals surface area contributed by atoms with Gasteiger partial charge in [0.2, 0.25) is 5.76 Å². The third-order valence-electron chi connectivity index (χ3n) is 2.77. The standard InChI is InChI=1S/C13H17N3O3/c1-9-8-10(2)16(15-9)7-3-6-14-12-5-4-11(19-12)13(17)18/h4-5,8,14H,3,6-7H2,1-2H3,(H,17,18). The van der Waals surface area contributed by atoms with Crippen LogP contribution < -0.4 is 5.32 Å². The van der Waals surface area contributed by atoms with E-state index >= 15 is 0 Å². The van der Waals surface area contributed by atoms with E-state index in [-0.39, 0.29) is 5.76 Å². The predicted octanol–water partition coefficient (Wildman–Crippen LogP) is 2.29. The van der Waals surface area contributed by atoms with Crippen molar-refractivity contribution in [1.29, 1.82) is 0 Å². The third-order valence-corrected chi connectivity index (χ3v) is 2.77. The molecule has 0 unspecified atom stereocenters. The normalized spacial score (nSPS) is 10.6. The highest BCUT2D eigenvalue weighted by atomic mass is 16.4. The second-order valence-corrected chi connectivity index (χ2v) is 4.40. The first-order valence-electron chi connectivity index (χ1n) is 6.14. The summed E-state index contributed by atoms with van der Waals surface area (Å²) in [5, 5.41) is 16.1. The molecule has 102 valence electrons. The zero-order valence-corrected chi connectivity index (χ0v) is 11.0. The molecule has 0 saturated heterocycles. The Hall–Kier alpha value is -2.24. The highest BCUT2D eigenvalue weighted by Gasteiger charge is 2.08. The Morgan fingerprint density at radius 1 is 1.47 bits per heavy atom. The molecule has 0 atom stereocenters. The van der Waals surface area contributed by atoms with Crippen molar-refractivity contribution in [1.82, 2.24) is 9.78 Å². The van der Waals surface area contributed by atoms with Gasteiger partial charge in [-0.25, -0.2) is 4.79 Å². The van der Waals surface area contributed by atoms with Crippen LogP contribution in [0.15, 0.2) is 22.6 Å². The van der Waals surface area contributed by atoms with Crippen LogP contribution in [0.4, 0.5) is 5.88 Å². The van der Waals surface area contributed by atoms with Crippen LogP contribution >= 0.6 is 0 Å². The van der Waals surface area contributed by atoms with Gasteiger partial charge < -0.3 is 14.8 Å². The fourth-order valence-electron chi connectivity index (χ4n) is 1.89. The van der Waals surface area contributed by atoms with Crippen molar-refractivity contribution in [2.24, 2.45) is 0 Å². The third kappa shape index (κ3) is 3.37. The van der Waals surface area contributed by atoms with Gasteiger partial charge in [-0.15, -0.1) is 0 Å². The van der Waals surface area contributed by atoms with Crippen LogP contribution in [0.3, 0.4) is 0 Å². The number of aromatic nitrogens is 2. The van der Waals surface area contributed by atoms with Gasteiger partial charge >= 0.3 is 5.97 Å². The Bertz CT molecular complexity index is 571. The monoisotopic (exact) mass is 263 g/mol. The number of furan rings is 1. The van der Waals surface area contributed by atoms with E-state index in [9.17, 15) is 4.79 Å². The SMILES string of the molecule is Cc1cc(C)n(CCCNc2ccc(C(=O)O)o2)n1. The van der Waals surface area contributed by atoms with E-state index in [1.807, 2.05) is 24.6 Å². The lowest BCUT2D eigenvalue weighted by Gasteiger charge is -2.05. The summed E-state index contributed by atoms with van der Waals surface area (Å²) >= 11 is 0. The molecule has 0 amide bonds. The molecule has 2 aromatic rings. The smallest absolute Gasteiger partial charge is 0.371 e. The maximum absolute atomic E-state index is 10.6. The van der Waals surface area contributed by atoms with Crippen LogP contribution in [0.1, 0.15) is 28.4 Å². The Morgan fingerprint density at radius 2 is 2.26 bits per heavy atom. The minimum absolute atomic E-state index is 0.0546. The van der Waals surface area contributed by atoms with Crippen molar-refractivity contribution >= 4 is 11.9 Å². The summed E-state index contributed by atoms with van der Waals surface area (Å²) in [6.07, 6.45) is 0.880. The van der Waals surface area contributed by atoms with Crippen LogP contribution in [-0.2, 0) is 6.54 Å². The number of nitrogens with one attached hydrogen (secondary N) is 1. The first-order chi connectivity index (χ1) is 9.06. The quantitative estimate of drug-likeness (QED) is 0.781. The van der Waals surface area contributed by atoms with Gasteiger partial charge in [0.1, 0.15) is 0 Å². The second kappa shape index (κ2) is 5.60. The number of aryl methyl sites for hydroxylation is 3. The highest BCUT2D eigenvalue weighted by molar-refractivity contribution is 5.84. The molecule has 2 rings (SSSR count). The molecule has 0 aliphatic heterocycles. The van der Waals surface area contributed by atoms with Gasteiger partial charge in [0.15, 0.2) is 5.88 Å². The first kappa shape index (κ1) is 13.2. The zero-order valence-electron chi connectivity index (χ0n) is 11.0. The molecule has 6 heteroatoms. The fourth-order valence-corrected chi connectivity index (χ4v) is 1.89.